The van der Waals surface area contributed by atoms with Crippen LogP contribution in [0.15, 0.2) is 70.7 Å². The van der Waals surface area contributed by atoms with Crippen LogP contribution in [0.4, 0.5) is 0 Å². The number of aliphatic hydroxyl groups excluding tert-OH is 4. The maximum atomic E-state index is 13.3. The van der Waals surface area contributed by atoms with Gasteiger partial charge in [-0.3, -0.25) is 9.69 Å². The van der Waals surface area contributed by atoms with Gasteiger partial charge in [0, 0.05) is 23.9 Å². The summed E-state index contributed by atoms with van der Waals surface area (Å²) in [4.78, 5) is 13.6. The molecule has 1 atom stereocenters. The molecule has 0 saturated heterocycles. The van der Waals surface area contributed by atoms with E-state index in [2.05, 4.69) is 5.10 Å². The van der Waals surface area contributed by atoms with E-state index in [0.717, 1.165) is 12.6 Å². The predicted molar refractivity (Wildman–Crippen MR) is 119 cm³/mol. The zero-order chi connectivity index (χ0) is 24.1. The van der Waals surface area contributed by atoms with E-state index in [-0.39, 0.29) is 11.8 Å². The van der Waals surface area contributed by atoms with E-state index in [1.807, 2.05) is 0 Å². The fourth-order valence-corrected chi connectivity index (χ4v) is 3.73. The fourth-order valence-electron chi connectivity index (χ4n) is 3.60. The number of fused-ring (bicyclic) bond motifs is 1. The van der Waals surface area contributed by atoms with Crippen molar-refractivity contribution in [1.29, 1.82) is 0 Å². The number of hydrogen-bond donors (Lipinski definition) is 6. The third-order valence-corrected chi connectivity index (χ3v) is 5.76. The van der Waals surface area contributed by atoms with Crippen LogP contribution in [0.5, 0.6) is 0 Å². The summed E-state index contributed by atoms with van der Waals surface area (Å²) in [6.45, 7) is 0. The highest BCUT2D eigenvalue weighted by Crippen LogP contribution is 2.32. The minimum absolute atomic E-state index is 0.163. The normalized spacial score (nSPS) is 18.7. The average molecular weight is 474 g/mol. The summed E-state index contributed by atoms with van der Waals surface area (Å²) in [5, 5.41) is 67.7. The third kappa shape index (κ3) is 3.68. The first-order valence-corrected chi connectivity index (χ1v) is 10.1. The van der Waals surface area contributed by atoms with E-state index in [9.17, 15) is 35.4 Å². The largest absolute Gasteiger partial charge is 0.503 e. The molecule has 0 amide bonds. The summed E-state index contributed by atoms with van der Waals surface area (Å²) in [7, 11) is 0.952. The quantitative estimate of drug-likeness (QED) is 0.310. The standard InChI is InChI=1S/C22H20ClN3O7/c1-25-21(31)18(28)17(27)16(19(29)22(25,32)33)26-20(30)14-5-3-2-4-13(14)15(24-26)10-11-6-8-12(23)9-7-11/h2-9,19,27-29,31-33H,10H2,1H3. The molecule has 172 valence electrons. The molecule has 0 saturated carbocycles. The molecule has 6 N–H and O–H groups in total. The first kappa shape index (κ1) is 22.6. The molecular formula is C22H20ClN3O7. The Morgan fingerprint density at radius 2 is 1.61 bits per heavy atom. The molecule has 1 aliphatic rings. The maximum absolute atomic E-state index is 13.3. The molecule has 4 rings (SSSR count). The molecule has 0 bridgehead atoms. The highest BCUT2D eigenvalue weighted by atomic mass is 35.5. The summed E-state index contributed by atoms with van der Waals surface area (Å²) in [6, 6.07) is 13.4. The molecule has 1 aromatic heterocycles. The zero-order valence-electron chi connectivity index (χ0n) is 17.2. The SMILES string of the molecule is CN1C(O)=C(O)C(O)=C(n2nc(Cc3ccc(Cl)cc3)c3ccccc3c2=O)C(O)C1(O)O. The number of hydrogen-bond acceptors (Lipinski definition) is 9. The Morgan fingerprint density at radius 1 is 1.00 bits per heavy atom. The van der Waals surface area contributed by atoms with Gasteiger partial charge in [0.2, 0.25) is 11.6 Å². The van der Waals surface area contributed by atoms with Crippen LogP contribution in [0.2, 0.25) is 5.02 Å². The van der Waals surface area contributed by atoms with Crippen molar-refractivity contribution in [3.05, 3.63) is 92.6 Å². The fraction of sp³-hybridized carbons (Fsp3) is 0.182. The lowest BCUT2D eigenvalue weighted by Crippen LogP contribution is -2.55. The van der Waals surface area contributed by atoms with Gasteiger partial charge in [-0.2, -0.15) is 9.78 Å². The summed E-state index contributed by atoms with van der Waals surface area (Å²) in [5.41, 5.74) is -0.493. The zero-order valence-corrected chi connectivity index (χ0v) is 18.0. The molecule has 1 aliphatic heterocycles. The van der Waals surface area contributed by atoms with Gasteiger partial charge in [-0.15, -0.1) is 0 Å². The minimum Gasteiger partial charge on any atom is -0.503 e. The molecule has 10 nitrogen and oxygen atoms in total. The Bertz CT molecular complexity index is 1360. The van der Waals surface area contributed by atoms with Crippen molar-refractivity contribution in [2.24, 2.45) is 0 Å². The van der Waals surface area contributed by atoms with Gasteiger partial charge in [0.1, 0.15) is 5.70 Å². The number of rotatable bonds is 3. The molecule has 2 aromatic carbocycles. The molecule has 33 heavy (non-hydrogen) atoms. The van der Waals surface area contributed by atoms with Gasteiger partial charge >= 0.3 is 0 Å². The lowest BCUT2D eigenvalue weighted by Gasteiger charge is -2.35. The van der Waals surface area contributed by atoms with Crippen molar-refractivity contribution in [2.45, 2.75) is 18.4 Å². The molecule has 1 unspecified atom stereocenters. The number of nitrogens with zero attached hydrogens (tertiary/aromatic N) is 3. The number of benzene rings is 2. The van der Waals surface area contributed by atoms with Crippen LogP contribution < -0.4 is 5.56 Å². The first-order chi connectivity index (χ1) is 15.5. The van der Waals surface area contributed by atoms with Crippen molar-refractivity contribution < 1.29 is 30.6 Å². The van der Waals surface area contributed by atoms with Crippen molar-refractivity contribution >= 4 is 28.1 Å². The van der Waals surface area contributed by atoms with E-state index >= 15 is 0 Å². The highest BCUT2D eigenvalue weighted by molar-refractivity contribution is 6.30. The van der Waals surface area contributed by atoms with Crippen LogP contribution in [0, 0.1) is 0 Å². The summed E-state index contributed by atoms with van der Waals surface area (Å²) < 4.78 is 0.581. The number of aliphatic hydroxyl groups is 6. The molecular weight excluding hydrogens is 454 g/mol. The number of likely N-dealkylation sites (N-methyl/N-ethyl adjacent to an activating group) is 1. The van der Waals surface area contributed by atoms with Crippen LogP contribution in [-0.4, -0.2) is 64.4 Å². The summed E-state index contributed by atoms with van der Waals surface area (Å²) in [5.74, 6) is -6.68. The molecule has 11 heteroatoms. The topological polar surface area (TPSA) is 160 Å². The van der Waals surface area contributed by atoms with Crippen LogP contribution in [0.3, 0.4) is 0 Å². The number of aromatic nitrogens is 2. The highest BCUT2D eigenvalue weighted by Gasteiger charge is 2.48. The van der Waals surface area contributed by atoms with Crippen LogP contribution >= 0.6 is 11.6 Å². The van der Waals surface area contributed by atoms with Gasteiger partial charge < -0.3 is 30.6 Å². The molecule has 0 fully saturated rings. The Labute approximate surface area is 191 Å². The minimum atomic E-state index is -3.21. The second-order valence-electron chi connectivity index (χ2n) is 7.57. The van der Waals surface area contributed by atoms with Crippen LogP contribution in [0.1, 0.15) is 11.3 Å². The molecule has 2 heterocycles. The smallest absolute Gasteiger partial charge is 0.282 e. The average Bonchev–Trinajstić information content (AvgIpc) is 2.84. The second-order valence-corrected chi connectivity index (χ2v) is 8.00. The predicted octanol–water partition coefficient (Wildman–Crippen LogP) is 1.60. The van der Waals surface area contributed by atoms with E-state index in [0.29, 0.717) is 25.7 Å². The first-order valence-electron chi connectivity index (χ1n) is 9.72. The van der Waals surface area contributed by atoms with Gasteiger partial charge in [-0.05, 0) is 23.8 Å². The van der Waals surface area contributed by atoms with Gasteiger partial charge in [0.25, 0.3) is 11.5 Å². The van der Waals surface area contributed by atoms with E-state index in [4.69, 9.17) is 11.6 Å². The number of halogens is 1. The van der Waals surface area contributed by atoms with Crippen molar-refractivity contribution in [1.82, 2.24) is 14.7 Å². The lowest BCUT2D eigenvalue weighted by atomic mass is 10.0. The molecule has 0 spiro atoms. The molecule has 3 aromatic rings. The monoisotopic (exact) mass is 473 g/mol. The maximum Gasteiger partial charge on any atom is 0.282 e. The Hall–Kier alpha value is -3.57. The van der Waals surface area contributed by atoms with Gasteiger partial charge in [-0.1, -0.05) is 41.9 Å². The van der Waals surface area contributed by atoms with Gasteiger partial charge in [0.05, 0.1) is 11.1 Å². The van der Waals surface area contributed by atoms with Gasteiger partial charge in [0.15, 0.2) is 11.9 Å². The van der Waals surface area contributed by atoms with Crippen molar-refractivity contribution in [3.8, 4) is 0 Å². The van der Waals surface area contributed by atoms with E-state index in [1.54, 1.807) is 42.5 Å². The van der Waals surface area contributed by atoms with Crippen molar-refractivity contribution in [3.63, 3.8) is 0 Å². The lowest BCUT2D eigenvalue weighted by molar-refractivity contribution is -0.290. The van der Waals surface area contributed by atoms with Crippen LogP contribution in [0.25, 0.3) is 16.5 Å². The second kappa shape index (κ2) is 8.09. The van der Waals surface area contributed by atoms with Crippen LogP contribution in [-0.2, 0) is 6.42 Å². The Balaban J connectivity index is 2.00. The molecule has 0 aliphatic carbocycles. The summed E-state index contributed by atoms with van der Waals surface area (Å²) >= 11 is 5.95. The van der Waals surface area contributed by atoms with Gasteiger partial charge in [-0.25, -0.2) is 0 Å². The Kier molecular flexibility index (Phi) is 5.54. The van der Waals surface area contributed by atoms with Crippen molar-refractivity contribution in [2.75, 3.05) is 7.05 Å². The summed E-state index contributed by atoms with van der Waals surface area (Å²) in [6.07, 6.45) is -2.16. The molecule has 0 radical (unpaired) electrons. The Morgan fingerprint density at radius 3 is 2.24 bits per heavy atom. The van der Waals surface area contributed by atoms with E-state index in [1.165, 1.54) is 6.07 Å². The third-order valence-electron chi connectivity index (χ3n) is 5.51. The van der Waals surface area contributed by atoms with E-state index < -0.39 is 40.7 Å².